The normalized spacial score (nSPS) is 23.5. The number of ether oxygens (including phenoxy) is 1. The predicted molar refractivity (Wildman–Crippen MR) is 101 cm³/mol. The Balaban J connectivity index is 1.71. The number of allylic oxidation sites excluding steroid dienone is 1. The molecule has 3 atom stereocenters. The molecule has 1 saturated carbocycles. The lowest BCUT2D eigenvalue weighted by Crippen LogP contribution is -2.28. The fourth-order valence-corrected chi connectivity index (χ4v) is 4.96. The Bertz CT molecular complexity index is 981. The number of benzene rings is 2. The van der Waals surface area contributed by atoms with Crippen molar-refractivity contribution in [2.75, 3.05) is 0 Å². The first kappa shape index (κ1) is 20.8. The fraction of sp³-hybridized carbons (Fsp3) is 0.391. The van der Waals surface area contributed by atoms with E-state index in [4.69, 9.17) is 0 Å². The molecule has 0 heterocycles. The van der Waals surface area contributed by atoms with Crippen molar-refractivity contribution >= 4 is 0 Å². The van der Waals surface area contributed by atoms with Gasteiger partial charge in [-0.1, -0.05) is 12.1 Å². The first-order valence-corrected chi connectivity index (χ1v) is 9.87. The van der Waals surface area contributed by atoms with Gasteiger partial charge in [-0.2, -0.15) is 0 Å². The van der Waals surface area contributed by atoms with Gasteiger partial charge in [-0.3, -0.25) is 0 Å². The maximum absolute atomic E-state index is 15.3. The van der Waals surface area contributed by atoms with Crippen LogP contribution in [0.4, 0.5) is 26.3 Å². The molecule has 1 fully saturated rings. The smallest absolute Gasteiger partial charge is 0.403 e. The first-order chi connectivity index (χ1) is 14.2. The Labute approximate surface area is 170 Å². The third-order valence-electron chi connectivity index (χ3n) is 6.32. The van der Waals surface area contributed by atoms with Crippen molar-refractivity contribution in [3.05, 3.63) is 65.5 Å². The van der Waals surface area contributed by atoms with Crippen LogP contribution in [0.1, 0.15) is 42.7 Å². The van der Waals surface area contributed by atoms with Crippen LogP contribution in [0.25, 0.3) is 11.1 Å². The highest BCUT2D eigenvalue weighted by atomic mass is 19.4. The SMILES string of the molecule is C=CC1CCC2c3cc(F)c(-c4ccc(OC(F)(F)F)c(F)c4)c(F)c3CCC2C1. The van der Waals surface area contributed by atoms with Gasteiger partial charge in [0.05, 0.1) is 5.56 Å². The van der Waals surface area contributed by atoms with E-state index in [0.29, 0.717) is 35.4 Å². The largest absolute Gasteiger partial charge is 0.573 e. The molecule has 0 saturated heterocycles. The van der Waals surface area contributed by atoms with Gasteiger partial charge in [0.25, 0.3) is 0 Å². The van der Waals surface area contributed by atoms with Crippen LogP contribution in [0, 0.1) is 29.3 Å². The molecule has 3 unspecified atom stereocenters. The molecule has 2 aromatic rings. The Morgan fingerprint density at radius 1 is 1.00 bits per heavy atom. The zero-order valence-electron chi connectivity index (χ0n) is 16.0. The van der Waals surface area contributed by atoms with Crippen molar-refractivity contribution in [2.24, 2.45) is 11.8 Å². The van der Waals surface area contributed by atoms with Gasteiger partial charge in [0.1, 0.15) is 11.6 Å². The van der Waals surface area contributed by atoms with Crippen LogP contribution in [0.15, 0.2) is 36.9 Å². The molecular weight excluding hydrogens is 406 g/mol. The summed E-state index contributed by atoms with van der Waals surface area (Å²) < 4.78 is 84.9. The molecule has 7 heteroatoms. The lowest BCUT2D eigenvalue weighted by molar-refractivity contribution is -0.275. The lowest BCUT2D eigenvalue weighted by Gasteiger charge is -2.40. The second-order valence-corrected chi connectivity index (χ2v) is 8.02. The topological polar surface area (TPSA) is 9.23 Å². The van der Waals surface area contributed by atoms with E-state index in [2.05, 4.69) is 11.3 Å². The molecule has 2 aromatic carbocycles. The zero-order chi connectivity index (χ0) is 21.6. The number of hydrogen-bond donors (Lipinski definition) is 0. The molecule has 1 nitrogen and oxygen atoms in total. The summed E-state index contributed by atoms with van der Waals surface area (Å²) in [6, 6.07) is 3.73. The van der Waals surface area contributed by atoms with E-state index in [-0.39, 0.29) is 11.5 Å². The summed E-state index contributed by atoms with van der Waals surface area (Å²) in [6.45, 7) is 3.85. The summed E-state index contributed by atoms with van der Waals surface area (Å²) in [7, 11) is 0. The maximum atomic E-state index is 15.3. The van der Waals surface area contributed by atoms with Crippen LogP contribution in [-0.4, -0.2) is 6.36 Å². The lowest BCUT2D eigenvalue weighted by atomic mass is 9.65. The molecule has 0 aliphatic heterocycles. The number of halogens is 6. The fourth-order valence-electron chi connectivity index (χ4n) is 4.96. The van der Waals surface area contributed by atoms with Crippen molar-refractivity contribution in [1.29, 1.82) is 0 Å². The molecule has 160 valence electrons. The third-order valence-corrected chi connectivity index (χ3v) is 6.32. The minimum atomic E-state index is -5.06. The van der Waals surface area contributed by atoms with Gasteiger partial charge >= 0.3 is 6.36 Å². The Morgan fingerprint density at radius 2 is 1.77 bits per heavy atom. The zero-order valence-corrected chi connectivity index (χ0v) is 16.0. The number of hydrogen-bond acceptors (Lipinski definition) is 1. The summed E-state index contributed by atoms with van der Waals surface area (Å²) in [5.41, 5.74) is 0.479. The minimum Gasteiger partial charge on any atom is -0.403 e. The van der Waals surface area contributed by atoms with E-state index in [9.17, 15) is 22.0 Å². The molecule has 30 heavy (non-hydrogen) atoms. The van der Waals surface area contributed by atoms with Crippen molar-refractivity contribution in [3.8, 4) is 16.9 Å². The van der Waals surface area contributed by atoms with E-state index < -0.39 is 35.1 Å². The molecule has 2 aliphatic carbocycles. The van der Waals surface area contributed by atoms with E-state index in [1.54, 1.807) is 0 Å². The van der Waals surface area contributed by atoms with Gasteiger partial charge in [-0.05, 0) is 84.7 Å². The van der Waals surface area contributed by atoms with Crippen LogP contribution >= 0.6 is 0 Å². The van der Waals surface area contributed by atoms with Gasteiger partial charge in [0, 0.05) is 0 Å². The van der Waals surface area contributed by atoms with Crippen molar-refractivity contribution < 1.29 is 31.1 Å². The Morgan fingerprint density at radius 3 is 2.43 bits per heavy atom. The van der Waals surface area contributed by atoms with Crippen molar-refractivity contribution in [2.45, 2.75) is 44.4 Å². The Hall–Kier alpha value is -2.44. The third kappa shape index (κ3) is 3.82. The summed E-state index contributed by atoms with van der Waals surface area (Å²) in [5.74, 6) is -3.17. The molecule has 2 aliphatic rings. The van der Waals surface area contributed by atoms with E-state index in [1.165, 1.54) is 6.07 Å². The van der Waals surface area contributed by atoms with Gasteiger partial charge in [-0.15, -0.1) is 19.8 Å². The average molecular weight is 426 g/mol. The standard InChI is InChI=1S/C23H20F6O/c1-2-12-3-6-15-13(9-12)4-7-16-17(15)11-19(25)21(22(16)26)14-5-8-20(18(24)10-14)30-23(27,28)29/h2,5,8,10-13,15H,1,3-4,6-7,9H2. The summed E-state index contributed by atoms with van der Waals surface area (Å²) in [5, 5.41) is 0. The molecule has 0 radical (unpaired) electrons. The quantitative estimate of drug-likeness (QED) is 0.370. The highest BCUT2D eigenvalue weighted by Gasteiger charge is 2.37. The summed E-state index contributed by atoms with van der Waals surface area (Å²) in [6.07, 6.45) is 0.784. The molecule has 0 amide bonds. The van der Waals surface area contributed by atoms with Crippen LogP contribution in [0.2, 0.25) is 0 Å². The van der Waals surface area contributed by atoms with Crippen molar-refractivity contribution in [3.63, 3.8) is 0 Å². The van der Waals surface area contributed by atoms with Gasteiger partial charge in [0.2, 0.25) is 0 Å². The number of alkyl halides is 3. The first-order valence-electron chi connectivity index (χ1n) is 9.87. The molecule has 0 N–H and O–H groups in total. The highest BCUT2D eigenvalue weighted by Crippen LogP contribution is 2.49. The Kier molecular flexibility index (Phi) is 5.32. The van der Waals surface area contributed by atoms with E-state index >= 15 is 4.39 Å². The molecule has 4 rings (SSSR count). The van der Waals surface area contributed by atoms with Crippen LogP contribution in [-0.2, 0) is 6.42 Å². The van der Waals surface area contributed by atoms with E-state index in [0.717, 1.165) is 37.8 Å². The van der Waals surface area contributed by atoms with Gasteiger partial charge < -0.3 is 4.74 Å². The predicted octanol–water partition coefficient (Wildman–Crippen LogP) is 7.30. The average Bonchev–Trinajstić information content (AvgIpc) is 2.68. The van der Waals surface area contributed by atoms with Crippen LogP contribution in [0.3, 0.4) is 0 Å². The number of rotatable bonds is 3. The molecule has 0 spiro atoms. The van der Waals surface area contributed by atoms with Crippen molar-refractivity contribution in [1.82, 2.24) is 0 Å². The minimum absolute atomic E-state index is 0.0716. The number of fused-ring (bicyclic) bond motifs is 3. The molecule has 0 bridgehead atoms. The van der Waals surface area contributed by atoms with E-state index in [1.807, 2.05) is 6.08 Å². The molecular formula is C23H20F6O. The van der Waals surface area contributed by atoms with Crippen LogP contribution in [0.5, 0.6) is 5.75 Å². The highest BCUT2D eigenvalue weighted by molar-refractivity contribution is 5.68. The maximum Gasteiger partial charge on any atom is 0.573 e. The summed E-state index contributed by atoms with van der Waals surface area (Å²) >= 11 is 0. The summed E-state index contributed by atoms with van der Waals surface area (Å²) in [4.78, 5) is 0. The van der Waals surface area contributed by atoms with Crippen LogP contribution < -0.4 is 4.74 Å². The monoisotopic (exact) mass is 426 g/mol. The van der Waals surface area contributed by atoms with Gasteiger partial charge in [-0.25, -0.2) is 13.2 Å². The second-order valence-electron chi connectivity index (χ2n) is 8.02. The second kappa shape index (κ2) is 7.67. The molecule has 0 aromatic heterocycles. The van der Waals surface area contributed by atoms with Gasteiger partial charge in [0.15, 0.2) is 11.6 Å².